The zero-order chi connectivity index (χ0) is 42.4. The maximum absolute atomic E-state index is 2.34. The second kappa shape index (κ2) is 17.8. The van der Waals surface area contributed by atoms with Crippen LogP contribution in [0.5, 0.6) is 0 Å². The normalized spacial score (nSPS) is 10.9. The molecule has 0 bridgehead atoms. The van der Waals surface area contributed by atoms with Crippen molar-refractivity contribution in [3.8, 4) is 55.6 Å². The number of nitrogens with zero attached hydrogens (tertiary/aromatic N) is 2. The van der Waals surface area contributed by atoms with E-state index in [4.69, 9.17) is 0 Å². The molecule has 0 saturated heterocycles. The quantitative estimate of drug-likeness (QED) is 0.128. The summed E-state index contributed by atoms with van der Waals surface area (Å²) in [5, 5.41) is 0. The van der Waals surface area contributed by atoms with Crippen LogP contribution in [0.2, 0.25) is 0 Å². The minimum absolute atomic E-state index is 1.09. The lowest BCUT2D eigenvalue weighted by Crippen LogP contribution is -2.10. The summed E-state index contributed by atoms with van der Waals surface area (Å²) in [7, 11) is 0. The van der Waals surface area contributed by atoms with Gasteiger partial charge < -0.3 is 9.80 Å². The highest BCUT2D eigenvalue weighted by Crippen LogP contribution is 2.40. The van der Waals surface area contributed by atoms with E-state index in [2.05, 4.69) is 278 Å². The largest absolute Gasteiger partial charge is 0.311 e. The number of hydrogen-bond donors (Lipinski definition) is 0. The molecule has 0 atom stereocenters. The third-order valence-corrected chi connectivity index (χ3v) is 11.8. The summed E-state index contributed by atoms with van der Waals surface area (Å²) in [5.41, 5.74) is 19.8. The standard InChI is InChI=1S/C61H46N2/c1-45-17-19-49(20-18-45)53-27-39-59(40-28-53)63(58-37-25-52(26-38-58)48-15-9-4-10-16-48)61-43-31-55(32-44-61)54-29-41-60(42-30-54)62(56-33-21-50(22-34-56)46-11-5-2-6-12-46)57-35-23-51(24-36-57)47-13-7-3-8-14-47/h2-44H,1H3. The number of rotatable bonds is 11. The van der Waals surface area contributed by atoms with Gasteiger partial charge in [0.1, 0.15) is 0 Å². The number of hydrogen-bond acceptors (Lipinski definition) is 2. The predicted molar refractivity (Wildman–Crippen MR) is 268 cm³/mol. The van der Waals surface area contributed by atoms with Gasteiger partial charge in [-0.3, -0.25) is 0 Å². The first-order chi connectivity index (χ1) is 31.1. The van der Waals surface area contributed by atoms with Crippen LogP contribution in [0.15, 0.2) is 261 Å². The van der Waals surface area contributed by atoms with Crippen molar-refractivity contribution < 1.29 is 0 Å². The third kappa shape index (κ3) is 8.57. The van der Waals surface area contributed by atoms with Gasteiger partial charge in [0.05, 0.1) is 0 Å². The summed E-state index contributed by atoms with van der Waals surface area (Å²) in [6, 6.07) is 93.8. The van der Waals surface area contributed by atoms with E-state index >= 15 is 0 Å². The van der Waals surface area contributed by atoms with Crippen molar-refractivity contribution in [2.75, 3.05) is 9.80 Å². The molecule has 0 spiro atoms. The van der Waals surface area contributed by atoms with Crippen molar-refractivity contribution in [1.29, 1.82) is 0 Å². The van der Waals surface area contributed by atoms with E-state index in [9.17, 15) is 0 Å². The number of anilines is 6. The van der Waals surface area contributed by atoms with Gasteiger partial charge in [-0.15, -0.1) is 0 Å². The molecule has 0 saturated carbocycles. The third-order valence-electron chi connectivity index (χ3n) is 11.8. The van der Waals surface area contributed by atoms with Crippen LogP contribution >= 0.6 is 0 Å². The van der Waals surface area contributed by atoms with Gasteiger partial charge in [0.15, 0.2) is 0 Å². The molecule has 10 aromatic carbocycles. The monoisotopic (exact) mass is 806 g/mol. The second-order valence-electron chi connectivity index (χ2n) is 15.9. The van der Waals surface area contributed by atoms with Crippen LogP contribution in [0, 0.1) is 6.92 Å². The lowest BCUT2D eigenvalue weighted by molar-refractivity contribution is 1.28. The summed E-state index contributed by atoms with van der Waals surface area (Å²) in [5.74, 6) is 0. The van der Waals surface area contributed by atoms with E-state index < -0.39 is 0 Å². The van der Waals surface area contributed by atoms with Crippen LogP contribution < -0.4 is 9.80 Å². The fraction of sp³-hybridized carbons (Fsp3) is 0.0164. The highest BCUT2D eigenvalue weighted by Gasteiger charge is 2.16. The van der Waals surface area contributed by atoms with Gasteiger partial charge in [-0.2, -0.15) is 0 Å². The maximum atomic E-state index is 2.34. The SMILES string of the molecule is Cc1ccc(-c2ccc(N(c3ccc(-c4ccccc4)cc3)c3ccc(-c4ccc(N(c5ccc(-c6ccccc6)cc5)c5ccc(-c6ccccc6)cc5)cc4)cc3)cc2)cc1. The topological polar surface area (TPSA) is 6.48 Å². The van der Waals surface area contributed by atoms with E-state index in [1.165, 1.54) is 50.1 Å². The van der Waals surface area contributed by atoms with Crippen LogP contribution in [0.1, 0.15) is 5.56 Å². The fourth-order valence-electron chi connectivity index (χ4n) is 8.35. The van der Waals surface area contributed by atoms with Crippen molar-refractivity contribution in [3.05, 3.63) is 266 Å². The minimum Gasteiger partial charge on any atom is -0.311 e. The first-order valence-corrected chi connectivity index (χ1v) is 21.6. The van der Waals surface area contributed by atoms with Crippen LogP contribution in [0.4, 0.5) is 34.1 Å². The molecule has 0 aromatic heterocycles. The zero-order valence-corrected chi connectivity index (χ0v) is 35.2. The molecule has 0 aliphatic rings. The molecular weight excluding hydrogens is 761 g/mol. The molecule has 2 nitrogen and oxygen atoms in total. The lowest BCUT2D eigenvalue weighted by Gasteiger charge is -2.27. The lowest BCUT2D eigenvalue weighted by atomic mass is 10.0. The molecule has 10 rings (SSSR count). The second-order valence-corrected chi connectivity index (χ2v) is 15.9. The smallest absolute Gasteiger partial charge is 0.0462 e. The number of benzene rings is 10. The van der Waals surface area contributed by atoms with Crippen LogP contribution in [0.3, 0.4) is 0 Å². The van der Waals surface area contributed by atoms with Gasteiger partial charge >= 0.3 is 0 Å². The van der Waals surface area contributed by atoms with E-state index in [1.807, 2.05) is 0 Å². The van der Waals surface area contributed by atoms with Gasteiger partial charge in [0.25, 0.3) is 0 Å². The average molecular weight is 807 g/mol. The van der Waals surface area contributed by atoms with E-state index in [1.54, 1.807) is 0 Å². The molecule has 2 heteroatoms. The van der Waals surface area contributed by atoms with Crippen molar-refractivity contribution in [3.63, 3.8) is 0 Å². The molecule has 63 heavy (non-hydrogen) atoms. The van der Waals surface area contributed by atoms with E-state index in [0.29, 0.717) is 0 Å². The van der Waals surface area contributed by atoms with E-state index in [-0.39, 0.29) is 0 Å². The highest BCUT2D eigenvalue weighted by molar-refractivity contribution is 5.83. The summed E-state index contributed by atoms with van der Waals surface area (Å²) >= 11 is 0. The molecule has 0 aliphatic heterocycles. The molecular formula is C61H46N2. The molecule has 300 valence electrons. The summed E-state index contributed by atoms with van der Waals surface area (Å²) < 4.78 is 0. The molecule has 0 unspecified atom stereocenters. The Morgan fingerprint density at radius 1 is 0.175 bits per heavy atom. The molecule has 0 N–H and O–H groups in total. The van der Waals surface area contributed by atoms with Crippen LogP contribution in [-0.4, -0.2) is 0 Å². The molecule has 0 fully saturated rings. The Morgan fingerprint density at radius 2 is 0.333 bits per heavy atom. The van der Waals surface area contributed by atoms with Crippen molar-refractivity contribution >= 4 is 34.1 Å². The number of aryl methyl sites for hydroxylation is 1. The zero-order valence-electron chi connectivity index (χ0n) is 35.2. The highest BCUT2D eigenvalue weighted by atomic mass is 15.1. The first-order valence-electron chi connectivity index (χ1n) is 21.6. The molecule has 0 amide bonds. The Kier molecular flexibility index (Phi) is 11.0. The Morgan fingerprint density at radius 3 is 0.524 bits per heavy atom. The summed E-state index contributed by atoms with van der Waals surface area (Å²) in [4.78, 5) is 4.67. The molecule has 0 radical (unpaired) electrons. The van der Waals surface area contributed by atoms with Gasteiger partial charge in [0, 0.05) is 34.1 Å². The van der Waals surface area contributed by atoms with Crippen LogP contribution in [0.25, 0.3) is 55.6 Å². The first kappa shape index (κ1) is 39.0. The summed E-state index contributed by atoms with van der Waals surface area (Å²) in [6.07, 6.45) is 0. The molecule has 10 aromatic rings. The average Bonchev–Trinajstić information content (AvgIpc) is 3.37. The minimum atomic E-state index is 1.09. The molecule has 0 heterocycles. The Labute approximate surface area is 371 Å². The van der Waals surface area contributed by atoms with Crippen molar-refractivity contribution in [1.82, 2.24) is 0 Å². The van der Waals surface area contributed by atoms with Gasteiger partial charge in [0.2, 0.25) is 0 Å². The van der Waals surface area contributed by atoms with Gasteiger partial charge in [-0.05, 0) is 135 Å². The fourth-order valence-corrected chi connectivity index (χ4v) is 8.35. The Hall–Kier alpha value is -8.20. The Balaban J connectivity index is 0.959. The van der Waals surface area contributed by atoms with Crippen molar-refractivity contribution in [2.24, 2.45) is 0 Å². The molecule has 0 aliphatic carbocycles. The van der Waals surface area contributed by atoms with Gasteiger partial charge in [-0.1, -0.05) is 194 Å². The van der Waals surface area contributed by atoms with Crippen molar-refractivity contribution in [2.45, 2.75) is 6.92 Å². The van der Waals surface area contributed by atoms with Gasteiger partial charge in [-0.25, -0.2) is 0 Å². The Bertz CT molecular complexity index is 2930. The van der Waals surface area contributed by atoms with Crippen LogP contribution in [-0.2, 0) is 0 Å². The summed E-state index contributed by atoms with van der Waals surface area (Å²) in [6.45, 7) is 2.13. The predicted octanol–water partition coefficient (Wildman–Crippen LogP) is 17.3. The van der Waals surface area contributed by atoms with E-state index in [0.717, 1.165) is 45.3 Å². The maximum Gasteiger partial charge on any atom is 0.0462 e.